The summed E-state index contributed by atoms with van der Waals surface area (Å²) in [7, 11) is 1.68. The monoisotopic (exact) mass is 488 g/mol. The summed E-state index contributed by atoms with van der Waals surface area (Å²) < 4.78 is 5.06. The van der Waals surface area contributed by atoms with E-state index in [1.807, 2.05) is 23.7 Å². The molecule has 1 fully saturated rings. The van der Waals surface area contributed by atoms with E-state index >= 15 is 0 Å². The molecule has 1 aliphatic heterocycles. The fourth-order valence-corrected chi connectivity index (χ4v) is 5.28. The molecule has 3 atom stereocenters. The third-order valence-corrected chi connectivity index (χ3v) is 7.34. The second-order valence-corrected chi connectivity index (χ2v) is 9.59. The van der Waals surface area contributed by atoms with E-state index in [0.29, 0.717) is 23.8 Å². The van der Waals surface area contributed by atoms with Gasteiger partial charge in [-0.1, -0.05) is 13.8 Å². The number of imidazole rings is 1. The molecule has 0 radical (unpaired) electrons. The zero-order valence-electron chi connectivity index (χ0n) is 21.5. The van der Waals surface area contributed by atoms with Crippen molar-refractivity contribution in [1.29, 1.82) is 5.26 Å². The molecule has 0 bridgehead atoms. The van der Waals surface area contributed by atoms with Gasteiger partial charge in [0, 0.05) is 38.3 Å². The minimum Gasteiger partial charge on any atom is -0.335 e. The van der Waals surface area contributed by atoms with E-state index in [0.717, 1.165) is 36.4 Å². The van der Waals surface area contributed by atoms with Gasteiger partial charge in [-0.15, -0.1) is 0 Å². The number of piperazine rings is 1. The molecule has 1 saturated heterocycles. The van der Waals surface area contributed by atoms with Gasteiger partial charge in [-0.2, -0.15) is 25.0 Å². The van der Waals surface area contributed by atoms with E-state index in [9.17, 15) is 4.79 Å². The van der Waals surface area contributed by atoms with E-state index in [-0.39, 0.29) is 30.2 Å². The largest absolute Gasteiger partial charge is 0.352 e. The van der Waals surface area contributed by atoms with Crippen molar-refractivity contribution < 1.29 is 0 Å². The van der Waals surface area contributed by atoms with Gasteiger partial charge >= 0.3 is 5.69 Å². The first-order valence-electron chi connectivity index (χ1n) is 12.5. The van der Waals surface area contributed by atoms with Crippen molar-refractivity contribution >= 4 is 17.2 Å². The first kappa shape index (κ1) is 23.9. The molecular weight excluding hydrogens is 456 g/mol. The van der Waals surface area contributed by atoms with Gasteiger partial charge in [0.25, 0.3) is 0 Å². The molecule has 36 heavy (non-hydrogen) atoms. The van der Waals surface area contributed by atoms with Crippen molar-refractivity contribution in [2.24, 2.45) is 7.05 Å². The maximum Gasteiger partial charge on any atom is 0.352 e. The van der Waals surface area contributed by atoms with Crippen LogP contribution in [0.5, 0.6) is 0 Å². The van der Waals surface area contributed by atoms with Crippen LogP contribution in [0.25, 0.3) is 11.3 Å². The average molecular weight is 489 g/mol. The minimum atomic E-state index is -0.326. The van der Waals surface area contributed by atoms with Gasteiger partial charge < -0.3 is 4.90 Å². The smallest absolute Gasteiger partial charge is 0.335 e. The van der Waals surface area contributed by atoms with Crippen LogP contribution in [0.3, 0.4) is 0 Å². The number of aryl methyl sites for hydroxylation is 2. The van der Waals surface area contributed by atoms with Crippen molar-refractivity contribution in [3.63, 3.8) is 0 Å². The molecule has 11 nitrogen and oxygen atoms in total. The van der Waals surface area contributed by atoms with Crippen LogP contribution < -0.4 is 10.6 Å². The fraction of sp³-hybridized carbons (Fsp3) is 0.520. The van der Waals surface area contributed by atoms with Gasteiger partial charge in [-0.25, -0.2) is 14.3 Å². The highest BCUT2D eigenvalue weighted by molar-refractivity contribution is 5.48. The summed E-state index contributed by atoms with van der Waals surface area (Å²) in [5.41, 5.74) is 3.74. The Hall–Kier alpha value is -3.78. The Morgan fingerprint density at radius 3 is 2.64 bits per heavy atom. The van der Waals surface area contributed by atoms with Gasteiger partial charge in [0.2, 0.25) is 5.95 Å². The van der Waals surface area contributed by atoms with E-state index in [1.54, 1.807) is 17.6 Å². The van der Waals surface area contributed by atoms with Crippen LogP contribution in [0, 0.1) is 18.3 Å². The SMILES string of the molecule is CC[C@H]1CN(C(C)c2ccc3nc(C)cn3n2)[C@H](CC)CN1c1nc(=O)n(C)c2cc(CC#N)nn12. The number of nitriles is 1. The number of aromatic nitrogens is 7. The van der Waals surface area contributed by atoms with Crippen LogP contribution in [-0.4, -0.2) is 63.8 Å². The van der Waals surface area contributed by atoms with Crippen LogP contribution in [-0.2, 0) is 13.5 Å². The standard InChI is InChI=1S/C25H32N10O/c1-6-19-15-33(24-28-25(36)31(5)23-12-18(10-11-26)29-35(23)24)20(7-2)14-32(19)17(4)21-8-9-22-27-16(3)13-34(22)30-21/h8-9,12-13,17,19-20H,6-7,10,14-15H2,1-5H3/t17?,19-,20+/m1/s1. The molecule has 0 aliphatic carbocycles. The second kappa shape index (κ2) is 9.35. The second-order valence-electron chi connectivity index (χ2n) is 9.59. The van der Waals surface area contributed by atoms with Crippen molar-refractivity contribution in [3.05, 3.63) is 52.0 Å². The highest BCUT2D eigenvalue weighted by Gasteiger charge is 2.37. The van der Waals surface area contributed by atoms with Crippen LogP contribution >= 0.6 is 0 Å². The summed E-state index contributed by atoms with van der Waals surface area (Å²) in [6.07, 6.45) is 3.96. The zero-order valence-corrected chi connectivity index (χ0v) is 21.5. The molecule has 5 heterocycles. The van der Waals surface area contributed by atoms with Gasteiger partial charge in [0.05, 0.1) is 41.8 Å². The van der Waals surface area contributed by atoms with Gasteiger partial charge in [0.15, 0.2) is 5.65 Å². The molecule has 1 aliphatic rings. The molecule has 0 amide bonds. The molecule has 4 aromatic heterocycles. The average Bonchev–Trinajstić information content (AvgIpc) is 3.47. The Labute approximate surface area is 209 Å². The molecular formula is C25H32N10O. The van der Waals surface area contributed by atoms with Crippen LogP contribution in [0.15, 0.2) is 29.2 Å². The lowest BCUT2D eigenvalue weighted by Gasteiger charge is -2.48. The predicted octanol–water partition coefficient (Wildman–Crippen LogP) is 2.29. The fourth-order valence-electron chi connectivity index (χ4n) is 5.28. The lowest BCUT2D eigenvalue weighted by atomic mass is 9.99. The maximum absolute atomic E-state index is 12.8. The highest BCUT2D eigenvalue weighted by Crippen LogP contribution is 2.31. The van der Waals surface area contributed by atoms with Crippen LogP contribution in [0.1, 0.15) is 56.7 Å². The molecule has 5 rings (SSSR count). The van der Waals surface area contributed by atoms with Crippen LogP contribution in [0.2, 0.25) is 0 Å². The van der Waals surface area contributed by atoms with Crippen molar-refractivity contribution in [2.75, 3.05) is 18.0 Å². The normalized spacial score (nSPS) is 19.7. The molecule has 188 valence electrons. The van der Waals surface area contributed by atoms with E-state index in [2.05, 4.69) is 57.8 Å². The highest BCUT2D eigenvalue weighted by atomic mass is 16.1. The maximum atomic E-state index is 12.8. The number of fused-ring (bicyclic) bond motifs is 2. The molecule has 1 unspecified atom stereocenters. The third kappa shape index (κ3) is 4.01. The Kier molecular flexibility index (Phi) is 6.22. The third-order valence-electron chi connectivity index (χ3n) is 7.34. The summed E-state index contributed by atoms with van der Waals surface area (Å²) in [5, 5.41) is 18.6. The van der Waals surface area contributed by atoms with Crippen molar-refractivity contribution in [2.45, 2.75) is 65.1 Å². The Bertz CT molecular complexity index is 1510. The van der Waals surface area contributed by atoms with Crippen molar-refractivity contribution in [3.8, 4) is 6.07 Å². The summed E-state index contributed by atoms with van der Waals surface area (Å²) in [6.45, 7) is 10.1. The number of hydrogen-bond donors (Lipinski definition) is 0. The quantitative estimate of drug-likeness (QED) is 0.406. The first-order valence-corrected chi connectivity index (χ1v) is 12.5. The first-order chi connectivity index (χ1) is 17.3. The van der Waals surface area contributed by atoms with E-state index in [4.69, 9.17) is 10.4 Å². The Morgan fingerprint density at radius 1 is 1.14 bits per heavy atom. The molecule has 0 aromatic carbocycles. The molecule has 0 saturated carbocycles. The zero-order chi connectivity index (χ0) is 25.6. The minimum absolute atomic E-state index is 0.113. The molecule has 0 spiro atoms. The summed E-state index contributed by atoms with van der Waals surface area (Å²) >= 11 is 0. The summed E-state index contributed by atoms with van der Waals surface area (Å²) in [5.74, 6) is 0.545. The topological polar surface area (TPSA) is 113 Å². The number of anilines is 1. The Morgan fingerprint density at radius 2 is 1.92 bits per heavy atom. The van der Waals surface area contributed by atoms with E-state index < -0.39 is 0 Å². The number of hydrogen-bond acceptors (Lipinski definition) is 8. The number of nitrogens with zero attached hydrogens (tertiary/aromatic N) is 10. The predicted molar refractivity (Wildman–Crippen MR) is 136 cm³/mol. The molecule has 11 heteroatoms. The van der Waals surface area contributed by atoms with Gasteiger partial charge in [0.1, 0.15) is 5.65 Å². The number of rotatable bonds is 6. The molecule has 0 N–H and O–H groups in total. The van der Waals surface area contributed by atoms with Crippen molar-refractivity contribution in [1.82, 2.24) is 38.7 Å². The van der Waals surface area contributed by atoms with Gasteiger partial charge in [-0.3, -0.25) is 9.47 Å². The summed E-state index contributed by atoms with van der Waals surface area (Å²) in [4.78, 5) is 26.5. The summed E-state index contributed by atoms with van der Waals surface area (Å²) in [6, 6.07) is 8.52. The van der Waals surface area contributed by atoms with E-state index in [1.165, 1.54) is 4.57 Å². The molecule has 4 aromatic rings. The Balaban J connectivity index is 1.50. The lowest BCUT2D eigenvalue weighted by Crippen LogP contribution is -2.59. The lowest BCUT2D eigenvalue weighted by molar-refractivity contribution is 0.0973. The van der Waals surface area contributed by atoms with Crippen LogP contribution in [0.4, 0.5) is 5.95 Å². The van der Waals surface area contributed by atoms with Gasteiger partial charge in [-0.05, 0) is 38.8 Å².